The van der Waals surface area contributed by atoms with Crippen molar-refractivity contribution in [2.75, 3.05) is 10.7 Å². The second-order valence-electron chi connectivity index (χ2n) is 8.71. The highest BCUT2D eigenvalue weighted by atomic mass is 35.5. The van der Waals surface area contributed by atoms with E-state index in [2.05, 4.69) is 24.9 Å². The van der Waals surface area contributed by atoms with Crippen LogP contribution in [0.2, 0.25) is 5.02 Å². The number of nitrogens with zero attached hydrogens (tertiary/aromatic N) is 5. The van der Waals surface area contributed by atoms with Gasteiger partial charge in [0.05, 0.1) is 28.2 Å². The van der Waals surface area contributed by atoms with Gasteiger partial charge in [-0.3, -0.25) is 0 Å². The third-order valence-electron chi connectivity index (χ3n) is 5.66. The number of thioether (sulfide) groups is 1. The number of benzene rings is 3. The Morgan fingerprint density at radius 1 is 1.02 bits per heavy atom. The lowest BCUT2D eigenvalue weighted by atomic mass is 10.1. The van der Waals surface area contributed by atoms with E-state index in [1.54, 1.807) is 31.2 Å². The molecule has 0 radical (unpaired) electrons. The minimum atomic E-state index is -4.78. The largest absolute Gasteiger partial charge is 0.573 e. The number of aliphatic imine (C=N–C) groups is 2. The number of hydrogen-bond donors (Lipinski definition) is 1. The number of amidine groups is 2. The monoisotopic (exact) mass is 626 g/mol. The van der Waals surface area contributed by atoms with Crippen LogP contribution in [0.3, 0.4) is 0 Å². The van der Waals surface area contributed by atoms with Crippen LogP contribution in [0.15, 0.2) is 86.9 Å². The van der Waals surface area contributed by atoms with Crippen molar-refractivity contribution in [2.24, 2.45) is 25.9 Å². The first-order valence-corrected chi connectivity index (χ1v) is 13.4. The zero-order chi connectivity index (χ0) is 30.5. The fraction of sp³-hybridized carbons (Fsp3) is 0.185. The number of alkyl halides is 6. The standard InChI is InChI=1S/C27H21ClF6N6OS/c1-16-14-42-25(40(16)23-21(26(29,30)31)3-2-4-22(23)28)39-38-13-17-5-7-18(8-6-17)24(35)37-15-36-19-9-11-20(12-10-19)41-27(32,33)34/h2-13,15-16H,14H2,1H3,(H2,35,36,37)/b38-13+,39-25-. The summed E-state index contributed by atoms with van der Waals surface area (Å²) >= 11 is 7.46. The maximum atomic E-state index is 13.7. The highest BCUT2D eigenvalue weighted by Gasteiger charge is 2.40. The van der Waals surface area contributed by atoms with Crippen LogP contribution in [-0.2, 0) is 6.18 Å². The van der Waals surface area contributed by atoms with Gasteiger partial charge >= 0.3 is 12.5 Å². The van der Waals surface area contributed by atoms with E-state index < -0.39 is 18.1 Å². The van der Waals surface area contributed by atoms with Crippen LogP contribution in [0.25, 0.3) is 0 Å². The van der Waals surface area contributed by atoms with Gasteiger partial charge in [-0.2, -0.15) is 18.3 Å². The van der Waals surface area contributed by atoms with Crippen LogP contribution >= 0.6 is 23.4 Å². The maximum Gasteiger partial charge on any atom is 0.573 e. The highest BCUT2D eigenvalue weighted by Crippen LogP contribution is 2.44. The van der Waals surface area contributed by atoms with Gasteiger partial charge < -0.3 is 15.4 Å². The quantitative estimate of drug-likeness (QED) is 0.126. The third-order valence-corrected chi connectivity index (χ3v) is 7.15. The Balaban J connectivity index is 1.43. The minimum absolute atomic E-state index is 0.0378. The van der Waals surface area contributed by atoms with Crippen LogP contribution in [0.1, 0.15) is 23.6 Å². The summed E-state index contributed by atoms with van der Waals surface area (Å²) < 4.78 is 81.6. The molecule has 3 aromatic carbocycles. The van der Waals surface area contributed by atoms with Crippen LogP contribution < -0.4 is 15.4 Å². The number of ether oxygens (including phenoxy) is 1. The lowest BCUT2D eigenvalue weighted by Crippen LogP contribution is -2.33. The van der Waals surface area contributed by atoms with Crippen molar-refractivity contribution in [1.82, 2.24) is 0 Å². The fourth-order valence-corrected chi connectivity index (χ4v) is 5.08. The summed E-state index contributed by atoms with van der Waals surface area (Å²) in [6, 6.07) is 15.0. The lowest BCUT2D eigenvalue weighted by Gasteiger charge is -2.27. The minimum Gasteiger partial charge on any atom is -0.406 e. The fourth-order valence-electron chi connectivity index (χ4n) is 3.76. The maximum absolute atomic E-state index is 13.7. The highest BCUT2D eigenvalue weighted by molar-refractivity contribution is 8.14. The molecule has 1 aliphatic rings. The number of rotatable bonds is 7. The summed E-state index contributed by atoms with van der Waals surface area (Å²) in [6.45, 7) is 1.78. The molecule has 42 heavy (non-hydrogen) atoms. The van der Waals surface area contributed by atoms with E-state index in [4.69, 9.17) is 17.3 Å². The molecule has 4 rings (SSSR count). The van der Waals surface area contributed by atoms with Crippen molar-refractivity contribution in [3.63, 3.8) is 0 Å². The van der Waals surface area contributed by atoms with Crippen molar-refractivity contribution >= 4 is 58.3 Å². The summed E-state index contributed by atoms with van der Waals surface area (Å²) in [5, 5.41) is 8.47. The van der Waals surface area contributed by atoms with Crippen molar-refractivity contribution in [3.05, 3.63) is 88.4 Å². The molecule has 15 heteroatoms. The van der Waals surface area contributed by atoms with Gasteiger partial charge in [0.1, 0.15) is 17.9 Å². The molecule has 0 bridgehead atoms. The molecule has 0 saturated carbocycles. The number of halogens is 7. The van der Waals surface area contributed by atoms with Gasteiger partial charge in [-0.05, 0) is 48.9 Å². The second-order valence-corrected chi connectivity index (χ2v) is 10.1. The van der Waals surface area contributed by atoms with Crippen LogP contribution in [0, 0.1) is 0 Å². The average molecular weight is 627 g/mol. The summed E-state index contributed by atoms with van der Waals surface area (Å²) in [4.78, 5) is 9.49. The smallest absolute Gasteiger partial charge is 0.406 e. The van der Waals surface area contributed by atoms with E-state index in [-0.39, 0.29) is 33.5 Å². The Hall–Kier alpha value is -4.04. The first kappa shape index (κ1) is 30.9. The summed E-state index contributed by atoms with van der Waals surface area (Å²) in [5.41, 5.74) is 6.51. The van der Waals surface area contributed by atoms with E-state index in [0.717, 1.165) is 24.5 Å². The predicted octanol–water partition coefficient (Wildman–Crippen LogP) is 7.65. The van der Waals surface area contributed by atoms with Gasteiger partial charge in [0.25, 0.3) is 0 Å². The molecule has 3 aromatic rings. The van der Waals surface area contributed by atoms with Gasteiger partial charge in [0.15, 0.2) is 5.17 Å². The molecule has 0 aromatic heterocycles. The molecule has 1 saturated heterocycles. The SMILES string of the molecule is CC1CS/C(=N\N=C\c2ccc(C(N)=NC=Nc3ccc(OC(F)(F)F)cc3)cc2)N1c1c(Cl)cccc1C(F)(F)F. The molecule has 1 aliphatic heterocycles. The molecular weight excluding hydrogens is 606 g/mol. The van der Waals surface area contributed by atoms with Crippen molar-refractivity contribution in [1.29, 1.82) is 0 Å². The second kappa shape index (κ2) is 12.9. The lowest BCUT2D eigenvalue weighted by molar-refractivity contribution is -0.274. The number of nitrogens with two attached hydrogens (primary N) is 1. The van der Waals surface area contributed by atoms with Crippen LogP contribution in [0.5, 0.6) is 5.75 Å². The summed E-state index contributed by atoms with van der Waals surface area (Å²) in [7, 11) is 0. The van der Waals surface area contributed by atoms with Gasteiger partial charge in [-0.1, -0.05) is 53.7 Å². The molecule has 1 unspecified atom stereocenters. The first-order valence-electron chi connectivity index (χ1n) is 12.0. The molecule has 0 spiro atoms. The molecule has 1 heterocycles. The van der Waals surface area contributed by atoms with E-state index in [1.807, 2.05) is 0 Å². The molecule has 1 atom stereocenters. The molecule has 2 N–H and O–H groups in total. The summed E-state index contributed by atoms with van der Waals surface area (Å²) in [6.07, 6.45) is -6.78. The molecule has 1 fully saturated rings. The van der Waals surface area contributed by atoms with E-state index in [1.165, 1.54) is 47.1 Å². The van der Waals surface area contributed by atoms with Crippen LogP contribution in [-0.4, -0.2) is 41.7 Å². The molecular formula is C27H21ClF6N6OS. The van der Waals surface area contributed by atoms with Gasteiger partial charge in [-0.25, -0.2) is 9.98 Å². The van der Waals surface area contributed by atoms with Crippen LogP contribution in [0.4, 0.5) is 37.7 Å². The molecule has 0 aliphatic carbocycles. The molecule has 220 valence electrons. The predicted molar refractivity (Wildman–Crippen MR) is 154 cm³/mol. The average Bonchev–Trinajstić information content (AvgIpc) is 3.28. The third kappa shape index (κ3) is 8.03. The topological polar surface area (TPSA) is 87.9 Å². The van der Waals surface area contributed by atoms with E-state index >= 15 is 0 Å². The molecule has 0 amide bonds. The van der Waals surface area contributed by atoms with Gasteiger partial charge in [0, 0.05) is 17.4 Å². The van der Waals surface area contributed by atoms with Crippen molar-refractivity contribution in [3.8, 4) is 5.75 Å². The van der Waals surface area contributed by atoms with E-state index in [0.29, 0.717) is 22.6 Å². The Morgan fingerprint density at radius 2 is 1.71 bits per heavy atom. The number of anilines is 1. The zero-order valence-corrected chi connectivity index (χ0v) is 23.1. The van der Waals surface area contributed by atoms with E-state index in [9.17, 15) is 26.3 Å². The number of hydrogen-bond acceptors (Lipinski definition) is 5. The summed E-state index contributed by atoms with van der Waals surface area (Å²) in [5.74, 6) is 0.266. The Morgan fingerprint density at radius 3 is 2.36 bits per heavy atom. The van der Waals surface area contributed by atoms with Crippen molar-refractivity contribution < 1.29 is 31.1 Å². The number of para-hydroxylation sites is 1. The Labute approximate surface area is 245 Å². The first-order chi connectivity index (χ1) is 19.8. The Bertz CT molecular complexity index is 1520. The zero-order valence-electron chi connectivity index (χ0n) is 21.6. The van der Waals surface area contributed by atoms with Gasteiger partial charge in [0.2, 0.25) is 0 Å². The molecule has 7 nitrogen and oxygen atoms in total. The Kier molecular flexibility index (Phi) is 9.46. The normalized spacial score (nSPS) is 17.6. The van der Waals surface area contributed by atoms with Gasteiger partial charge in [-0.15, -0.1) is 18.3 Å². The van der Waals surface area contributed by atoms with Crippen molar-refractivity contribution in [2.45, 2.75) is 25.5 Å².